The fraction of sp³-hybridized carbons (Fsp3) is 0.750. The maximum absolute atomic E-state index is 5.56. The SMILES string of the molecule is CC1(c2noc(Cl)n2)CCCC1. The molecule has 0 radical (unpaired) electrons. The van der Waals surface area contributed by atoms with Gasteiger partial charge in [0.1, 0.15) is 0 Å². The lowest BCUT2D eigenvalue weighted by molar-refractivity contribution is 0.378. The van der Waals surface area contributed by atoms with Crippen molar-refractivity contribution in [3.05, 3.63) is 11.2 Å². The maximum atomic E-state index is 5.56. The Bertz CT molecular complexity index is 278. The Morgan fingerprint density at radius 2 is 2.08 bits per heavy atom. The van der Waals surface area contributed by atoms with E-state index in [1.807, 2.05) is 0 Å². The van der Waals surface area contributed by atoms with Crippen LogP contribution < -0.4 is 0 Å². The van der Waals surface area contributed by atoms with Crippen molar-refractivity contribution in [2.45, 2.75) is 38.0 Å². The van der Waals surface area contributed by atoms with Gasteiger partial charge in [-0.1, -0.05) is 24.9 Å². The van der Waals surface area contributed by atoms with E-state index in [9.17, 15) is 0 Å². The van der Waals surface area contributed by atoms with Gasteiger partial charge in [0.15, 0.2) is 5.82 Å². The maximum Gasteiger partial charge on any atom is 0.320 e. The van der Waals surface area contributed by atoms with Gasteiger partial charge in [-0.15, -0.1) is 0 Å². The van der Waals surface area contributed by atoms with Crippen molar-refractivity contribution in [1.29, 1.82) is 0 Å². The average Bonchev–Trinajstić information content (AvgIpc) is 2.59. The first-order valence-electron chi connectivity index (χ1n) is 4.20. The number of hydrogen-bond donors (Lipinski definition) is 0. The summed E-state index contributed by atoms with van der Waals surface area (Å²) in [5.41, 5.74) is 0.108. The van der Waals surface area contributed by atoms with Crippen LogP contribution >= 0.6 is 11.6 Å². The van der Waals surface area contributed by atoms with Crippen LogP contribution in [0.4, 0.5) is 0 Å². The van der Waals surface area contributed by atoms with Gasteiger partial charge >= 0.3 is 5.35 Å². The van der Waals surface area contributed by atoms with Crippen molar-refractivity contribution in [2.24, 2.45) is 0 Å². The molecule has 1 saturated carbocycles. The highest BCUT2D eigenvalue weighted by molar-refractivity contribution is 6.27. The number of nitrogens with zero attached hydrogens (tertiary/aromatic N) is 2. The van der Waals surface area contributed by atoms with Gasteiger partial charge in [-0.3, -0.25) is 0 Å². The molecule has 0 N–H and O–H groups in total. The third-order valence-electron chi connectivity index (χ3n) is 2.65. The number of halogens is 1. The Morgan fingerprint density at radius 3 is 2.58 bits per heavy atom. The van der Waals surface area contributed by atoms with E-state index in [-0.39, 0.29) is 10.8 Å². The molecule has 0 bridgehead atoms. The molecule has 0 spiro atoms. The lowest BCUT2D eigenvalue weighted by Crippen LogP contribution is -2.18. The predicted molar refractivity (Wildman–Crippen MR) is 45.1 cm³/mol. The summed E-state index contributed by atoms with van der Waals surface area (Å²) in [6, 6.07) is 0. The second-order valence-corrected chi connectivity index (χ2v) is 3.96. The smallest absolute Gasteiger partial charge is 0.320 e. The third-order valence-corrected chi connectivity index (χ3v) is 2.80. The van der Waals surface area contributed by atoms with Crippen molar-refractivity contribution in [2.75, 3.05) is 0 Å². The van der Waals surface area contributed by atoms with Crippen molar-refractivity contribution in [3.8, 4) is 0 Å². The van der Waals surface area contributed by atoms with E-state index in [0.717, 1.165) is 18.7 Å². The molecule has 1 heterocycles. The van der Waals surface area contributed by atoms with E-state index >= 15 is 0 Å². The standard InChI is InChI=1S/C8H11ClN2O/c1-8(4-2-3-5-8)6-10-7(9)12-11-6/h2-5H2,1H3. The summed E-state index contributed by atoms with van der Waals surface area (Å²) in [4.78, 5) is 4.05. The molecular formula is C8H11ClN2O. The zero-order chi connectivity index (χ0) is 8.60. The van der Waals surface area contributed by atoms with Gasteiger partial charge in [0.2, 0.25) is 0 Å². The van der Waals surface area contributed by atoms with Crippen LogP contribution in [0.25, 0.3) is 0 Å². The molecule has 0 amide bonds. The molecule has 66 valence electrons. The molecule has 0 atom stereocenters. The summed E-state index contributed by atoms with van der Waals surface area (Å²) < 4.78 is 4.75. The van der Waals surface area contributed by atoms with Gasteiger partial charge in [0, 0.05) is 5.41 Å². The molecule has 0 aromatic carbocycles. The van der Waals surface area contributed by atoms with E-state index < -0.39 is 0 Å². The molecule has 1 aliphatic rings. The molecule has 4 heteroatoms. The Labute approximate surface area is 76.1 Å². The van der Waals surface area contributed by atoms with Crippen molar-refractivity contribution in [1.82, 2.24) is 10.1 Å². The Kier molecular flexibility index (Phi) is 1.83. The van der Waals surface area contributed by atoms with Crippen LogP contribution in [0.2, 0.25) is 5.35 Å². The fourth-order valence-electron chi connectivity index (χ4n) is 1.83. The summed E-state index contributed by atoms with van der Waals surface area (Å²) in [5.74, 6) is 0.769. The van der Waals surface area contributed by atoms with Gasteiger partial charge in [-0.2, -0.15) is 4.98 Å². The zero-order valence-corrected chi connectivity index (χ0v) is 7.76. The van der Waals surface area contributed by atoms with E-state index in [1.165, 1.54) is 12.8 Å². The van der Waals surface area contributed by atoms with Crippen LogP contribution in [0, 0.1) is 0 Å². The Hall–Kier alpha value is -0.570. The molecule has 1 aromatic rings. The lowest BCUT2D eigenvalue weighted by atomic mass is 9.88. The predicted octanol–water partition coefficient (Wildman–Crippen LogP) is 2.55. The van der Waals surface area contributed by atoms with Crippen molar-refractivity contribution in [3.63, 3.8) is 0 Å². The molecule has 3 nitrogen and oxygen atoms in total. The first-order valence-corrected chi connectivity index (χ1v) is 4.58. The van der Waals surface area contributed by atoms with Crippen LogP contribution in [0.1, 0.15) is 38.4 Å². The average molecular weight is 187 g/mol. The van der Waals surface area contributed by atoms with Crippen molar-refractivity contribution >= 4 is 11.6 Å². The van der Waals surface area contributed by atoms with Gasteiger partial charge < -0.3 is 4.52 Å². The number of aromatic nitrogens is 2. The molecular weight excluding hydrogens is 176 g/mol. The number of rotatable bonds is 1. The molecule has 12 heavy (non-hydrogen) atoms. The molecule has 0 aliphatic heterocycles. The highest BCUT2D eigenvalue weighted by atomic mass is 35.5. The zero-order valence-electron chi connectivity index (χ0n) is 7.01. The fourth-order valence-corrected chi connectivity index (χ4v) is 1.94. The minimum Gasteiger partial charge on any atom is -0.321 e. The Morgan fingerprint density at radius 1 is 1.42 bits per heavy atom. The quantitative estimate of drug-likeness (QED) is 0.677. The summed E-state index contributed by atoms with van der Waals surface area (Å²) in [6.07, 6.45) is 4.79. The summed E-state index contributed by atoms with van der Waals surface area (Å²) in [7, 11) is 0. The van der Waals surface area contributed by atoms with E-state index in [0.29, 0.717) is 0 Å². The molecule has 0 unspecified atom stereocenters. The summed E-state index contributed by atoms with van der Waals surface area (Å²) in [5, 5.41) is 4.00. The molecule has 1 aliphatic carbocycles. The van der Waals surface area contributed by atoms with Gasteiger partial charge in [-0.25, -0.2) is 0 Å². The molecule has 0 saturated heterocycles. The summed E-state index contributed by atoms with van der Waals surface area (Å²) >= 11 is 5.56. The first kappa shape index (κ1) is 8.05. The van der Waals surface area contributed by atoms with E-state index in [2.05, 4.69) is 17.1 Å². The minimum absolute atomic E-state index is 0.108. The highest BCUT2D eigenvalue weighted by Gasteiger charge is 2.34. The number of hydrogen-bond acceptors (Lipinski definition) is 3. The monoisotopic (exact) mass is 186 g/mol. The van der Waals surface area contributed by atoms with Crippen LogP contribution in [0.3, 0.4) is 0 Å². The highest BCUT2D eigenvalue weighted by Crippen LogP contribution is 2.39. The summed E-state index contributed by atoms with van der Waals surface area (Å²) in [6.45, 7) is 2.17. The molecule has 2 rings (SSSR count). The second-order valence-electron chi connectivity index (χ2n) is 3.64. The lowest BCUT2D eigenvalue weighted by Gasteiger charge is -2.17. The van der Waals surface area contributed by atoms with Crippen LogP contribution in [0.15, 0.2) is 4.52 Å². The normalized spacial score (nSPS) is 21.5. The third kappa shape index (κ3) is 1.22. The topological polar surface area (TPSA) is 38.9 Å². The molecule has 1 aromatic heterocycles. The van der Waals surface area contributed by atoms with Crippen molar-refractivity contribution < 1.29 is 4.52 Å². The first-order chi connectivity index (χ1) is 5.71. The molecule has 1 fully saturated rings. The Balaban J connectivity index is 2.28. The minimum atomic E-state index is 0.108. The second kappa shape index (κ2) is 2.73. The van der Waals surface area contributed by atoms with Gasteiger partial charge in [0.25, 0.3) is 0 Å². The van der Waals surface area contributed by atoms with Gasteiger partial charge in [-0.05, 0) is 24.4 Å². The van der Waals surface area contributed by atoms with Crippen LogP contribution in [-0.2, 0) is 5.41 Å². The van der Waals surface area contributed by atoms with E-state index in [1.54, 1.807) is 0 Å². The van der Waals surface area contributed by atoms with E-state index in [4.69, 9.17) is 16.1 Å². The van der Waals surface area contributed by atoms with Crippen LogP contribution in [0.5, 0.6) is 0 Å². The van der Waals surface area contributed by atoms with Crippen LogP contribution in [-0.4, -0.2) is 10.1 Å². The largest absolute Gasteiger partial charge is 0.321 e. The van der Waals surface area contributed by atoms with Gasteiger partial charge in [0.05, 0.1) is 0 Å².